The SMILES string of the molecule is COc1ccccc1C(=O)N1CCN(CC(=O)N2CCCCCC2)CC1. The van der Waals surface area contributed by atoms with E-state index in [1.54, 1.807) is 13.2 Å². The Labute approximate surface area is 155 Å². The van der Waals surface area contributed by atoms with E-state index in [2.05, 4.69) is 4.90 Å². The van der Waals surface area contributed by atoms with Crippen LogP contribution in [0.2, 0.25) is 0 Å². The van der Waals surface area contributed by atoms with Crippen molar-refractivity contribution in [3.63, 3.8) is 0 Å². The number of nitrogens with zero attached hydrogens (tertiary/aromatic N) is 3. The quantitative estimate of drug-likeness (QED) is 0.823. The molecule has 2 aliphatic rings. The van der Waals surface area contributed by atoms with E-state index in [4.69, 9.17) is 4.74 Å². The maximum absolute atomic E-state index is 12.7. The highest BCUT2D eigenvalue weighted by Crippen LogP contribution is 2.20. The summed E-state index contributed by atoms with van der Waals surface area (Å²) in [6, 6.07) is 7.33. The molecule has 6 nitrogen and oxygen atoms in total. The van der Waals surface area contributed by atoms with Crippen molar-refractivity contribution in [2.24, 2.45) is 0 Å². The van der Waals surface area contributed by atoms with Crippen LogP contribution in [0, 0.1) is 0 Å². The summed E-state index contributed by atoms with van der Waals surface area (Å²) in [5.41, 5.74) is 0.601. The number of amides is 2. The number of likely N-dealkylation sites (tertiary alicyclic amines) is 1. The molecular weight excluding hydrogens is 330 g/mol. The van der Waals surface area contributed by atoms with E-state index >= 15 is 0 Å². The number of hydrogen-bond acceptors (Lipinski definition) is 4. The summed E-state index contributed by atoms with van der Waals surface area (Å²) in [6.07, 6.45) is 4.70. The third-order valence-electron chi connectivity index (χ3n) is 5.31. The molecule has 2 amide bonds. The topological polar surface area (TPSA) is 53.1 Å². The zero-order valence-corrected chi connectivity index (χ0v) is 15.7. The third kappa shape index (κ3) is 4.55. The van der Waals surface area contributed by atoms with Gasteiger partial charge in [0.15, 0.2) is 0 Å². The molecule has 0 aromatic heterocycles. The molecule has 3 rings (SSSR count). The van der Waals surface area contributed by atoms with Gasteiger partial charge in [-0.2, -0.15) is 0 Å². The predicted octanol–water partition coefficient (Wildman–Crippen LogP) is 1.86. The van der Waals surface area contributed by atoms with Gasteiger partial charge in [-0.1, -0.05) is 25.0 Å². The fourth-order valence-corrected chi connectivity index (χ4v) is 3.71. The van der Waals surface area contributed by atoms with Crippen molar-refractivity contribution >= 4 is 11.8 Å². The van der Waals surface area contributed by atoms with Crippen LogP contribution in [-0.4, -0.2) is 79.4 Å². The molecule has 0 unspecified atom stereocenters. The molecule has 0 saturated carbocycles. The third-order valence-corrected chi connectivity index (χ3v) is 5.31. The van der Waals surface area contributed by atoms with Gasteiger partial charge in [-0.15, -0.1) is 0 Å². The maximum Gasteiger partial charge on any atom is 0.257 e. The first-order valence-electron chi connectivity index (χ1n) is 9.61. The first-order valence-corrected chi connectivity index (χ1v) is 9.61. The van der Waals surface area contributed by atoms with Gasteiger partial charge >= 0.3 is 0 Å². The highest BCUT2D eigenvalue weighted by molar-refractivity contribution is 5.97. The van der Waals surface area contributed by atoms with Gasteiger partial charge in [-0.05, 0) is 25.0 Å². The number of carbonyl (C=O) groups is 2. The number of rotatable bonds is 4. The van der Waals surface area contributed by atoms with Gasteiger partial charge in [0.05, 0.1) is 19.2 Å². The molecule has 2 fully saturated rings. The van der Waals surface area contributed by atoms with Crippen LogP contribution in [0.3, 0.4) is 0 Å². The van der Waals surface area contributed by atoms with Gasteiger partial charge in [-0.3, -0.25) is 14.5 Å². The summed E-state index contributed by atoms with van der Waals surface area (Å²) in [4.78, 5) is 31.3. The average molecular weight is 359 g/mol. The lowest BCUT2D eigenvalue weighted by Gasteiger charge is -2.35. The molecule has 2 saturated heterocycles. The van der Waals surface area contributed by atoms with Gasteiger partial charge in [0.1, 0.15) is 5.75 Å². The second-order valence-electron chi connectivity index (χ2n) is 7.06. The van der Waals surface area contributed by atoms with Crippen molar-refractivity contribution in [1.29, 1.82) is 0 Å². The lowest BCUT2D eigenvalue weighted by Crippen LogP contribution is -2.51. The molecule has 26 heavy (non-hydrogen) atoms. The highest BCUT2D eigenvalue weighted by Gasteiger charge is 2.26. The Morgan fingerprint density at radius 2 is 1.54 bits per heavy atom. The Morgan fingerprint density at radius 3 is 2.19 bits per heavy atom. The molecule has 0 radical (unpaired) electrons. The van der Waals surface area contributed by atoms with Crippen molar-refractivity contribution in [2.45, 2.75) is 25.7 Å². The number of methoxy groups -OCH3 is 1. The fraction of sp³-hybridized carbons (Fsp3) is 0.600. The first kappa shape index (κ1) is 18.7. The molecule has 2 heterocycles. The van der Waals surface area contributed by atoms with Crippen molar-refractivity contribution < 1.29 is 14.3 Å². The second-order valence-corrected chi connectivity index (χ2v) is 7.06. The van der Waals surface area contributed by atoms with Crippen LogP contribution in [0.4, 0.5) is 0 Å². The monoisotopic (exact) mass is 359 g/mol. The highest BCUT2D eigenvalue weighted by atomic mass is 16.5. The molecule has 1 aromatic rings. The summed E-state index contributed by atoms with van der Waals surface area (Å²) in [6.45, 7) is 5.02. The van der Waals surface area contributed by atoms with Gasteiger partial charge < -0.3 is 14.5 Å². The first-order chi connectivity index (χ1) is 12.7. The molecule has 2 aliphatic heterocycles. The molecule has 0 atom stereocenters. The Morgan fingerprint density at radius 1 is 0.885 bits per heavy atom. The van der Waals surface area contributed by atoms with Crippen molar-refractivity contribution in [2.75, 3.05) is 52.9 Å². The van der Waals surface area contributed by atoms with E-state index in [9.17, 15) is 9.59 Å². The Bertz CT molecular complexity index is 618. The fourth-order valence-electron chi connectivity index (χ4n) is 3.71. The van der Waals surface area contributed by atoms with Crippen LogP contribution in [-0.2, 0) is 4.79 Å². The van der Waals surface area contributed by atoms with E-state index in [-0.39, 0.29) is 11.8 Å². The van der Waals surface area contributed by atoms with Crippen molar-refractivity contribution in [3.05, 3.63) is 29.8 Å². The zero-order valence-electron chi connectivity index (χ0n) is 15.7. The standard InChI is InChI=1S/C20H29N3O3/c1-26-18-9-5-4-8-17(18)20(25)23-14-12-21(13-15-23)16-19(24)22-10-6-2-3-7-11-22/h4-5,8-9H,2-3,6-7,10-16H2,1H3. The maximum atomic E-state index is 12.7. The number of piperazine rings is 1. The van der Waals surface area contributed by atoms with Crippen LogP contribution in [0.25, 0.3) is 0 Å². The molecule has 0 N–H and O–H groups in total. The Hall–Kier alpha value is -2.08. The summed E-state index contributed by atoms with van der Waals surface area (Å²) in [7, 11) is 1.58. The van der Waals surface area contributed by atoms with E-state index in [0.29, 0.717) is 30.9 Å². The van der Waals surface area contributed by atoms with E-state index in [0.717, 1.165) is 39.0 Å². The Kier molecular flexibility index (Phi) is 6.50. The molecule has 0 bridgehead atoms. The van der Waals surface area contributed by atoms with Crippen molar-refractivity contribution in [1.82, 2.24) is 14.7 Å². The predicted molar refractivity (Wildman–Crippen MR) is 100 cm³/mol. The second kappa shape index (κ2) is 9.03. The molecule has 1 aromatic carbocycles. The summed E-state index contributed by atoms with van der Waals surface area (Å²) in [5, 5.41) is 0. The van der Waals surface area contributed by atoms with Crippen LogP contribution in [0.1, 0.15) is 36.0 Å². The normalized spacial score (nSPS) is 19.1. The Balaban J connectivity index is 1.50. The largest absolute Gasteiger partial charge is 0.496 e. The molecule has 6 heteroatoms. The van der Waals surface area contributed by atoms with Crippen LogP contribution in [0.15, 0.2) is 24.3 Å². The van der Waals surface area contributed by atoms with Gasteiger partial charge in [0.25, 0.3) is 5.91 Å². The lowest BCUT2D eigenvalue weighted by atomic mass is 10.1. The van der Waals surface area contributed by atoms with E-state index < -0.39 is 0 Å². The number of para-hydroxylation sites is 1. The molecule has 0 spiro atoms. The molecular formula is C20H29N3O3. The van der Waals surface area contributed by atoms with E-state index in [1.807, 2.05) is 28.0 Å². The number of hydrogen-bond donors (Lipinski definition) is 0. The number of benzene rings is 1. The van der Waals surface area contributed by atoms with Crippen LogP contribution in [0.5, 0.6) is 5.75 Å². The van der Waals surface area contributed by atoms with Gasteiger partial charge in [-0.25, -0.2) is 0 Å². The average Bonchev–Trinajstić information content (AvgIpc) is 2.97. The van der Waals surface area contributed by atoms with Crippen LogP contribution < -0.4 is 4.74 Å². The lowest BCUT2D eigenvalue weighted by molar-refractivity contribution is -0.132. The minimum absolute atomic E-state index is 0.000875. The summed E-state index contributed by atoms with van der Waals surface area (Å²) in [5.74, 6) is 0.841. The number of carbonyl (C=O) groups excluding carboxylic acids is 2. The van der Waals surface area contributed by atoms with Gasteiger partial charge in [0, 0.05) is 39.3 Å². The molecule has 142 valence electrons. The van der Waals surface area contributed by atoms with E-state index in [1.165, 1.54) is 12.8 Å². The minimum Gasteiger partial charge on any atom is -0.496 e. The molecule has 0 aliphatic carbocycles. The summed E-state index contributed by atoms with van der Waals surface area (Å²) < 4.78 is 5.30. The van der Waals surface area contributed by atoms with Crippen LogP contribution >= 0.6 is 0 Å². The smallest absolute Gasteiger partial charge is 0.257 e. The zero-order chi connectivity index (χ0) is 18.4. The minimum atomic E-state index is 0.000875. The summed E-state index contributed by atoms with van der Waals surface area (Å²) >= 11 is 0. The van der Waals surface area contributed by atoms with Crippen molar-refractivity contribution in [3.8, 4) is 5.75 Å². The number of ether oxygens (including phenoxy) is 1. The van der Waals surface area contributed by atoms with Gasteiger partial charge in [0.2, 0.25) is 5.91 Å².